The van der Waals surface area contributed by atoms with Gasteiger partial charge in [0.15, 0.2) is 0 Å². The average molecular weight is 384 g/mol. The molecule has 7 nitrogen and oxygen atoms in total. The maximum absolute atomic E-state index is 12.8. The Balaban J connectivity index is 1.45. The highest BCUT2D eigenvalue weighted by atomic mass is 32.1. The van der Waals surface area contributed by atoms with Crippen molar-refractivity contribution in [1.29, 1.82) is 0 Å². The first-order chi connectivity index (χ1) is 12.4. The lowest BCUT2D eigenvalue weighted by Gasteiger charge is -2.28. The van der Waals surface area contributed by atoms with E-state index < -0.39 is 18.3 Å². The molecule has 1 saturated heterocycles. The molecule has 2 N–H and O–H groups in total. The SMILES string of the molecule is O=C(C1CC(C(F)(F)F)NN1)N1CCc2nc(-c3cncnc3)sc2C1. The number of amides is 1. The molecule has 2 aliphatic heterocycles. The van der Waals surface area contributed by atoms with Crippen molar-refractivity contribution in [3.05, 3.63) is 29.3 Å². The van der Waals surface area contributed by atoms with Crippen molar-refractivity contribution in [1.82, 2.24) is 30.7 Å². The molecule has 26 heavy (non-hydrogen) atoms. The lowest BCUT2D eigenvalue weighted by atomic mass is 10.1. The van der Waals surface area contributed by atoms with E-state index in [1.165, 1.54) is 17.7 Å². The smallest absolute Gasteiger partial charge is 0.336 e. The third-order valence-electron chi connectivity index (χ3n) is 4.45. The third kappa shape index (κ3) is 3.29. The van der Waals surface area contributed by atoms with Gasteiger partial charge in [-0.3, -0.25) is 4.79 Å². The van der Waals surface area contributed by atoms with Crippen LogP contribution in [0.3, 0.4) is 0 Å². The van der Waals surface area contributed by atoms with Gasteiger partial charge in [-0.2, -0.15) is 13.2 Å². The van der Waals surface area contributed by atoms with Gasteiger partial charge in [0.1, 0.15) is 23.4 Å². The summed E-state index contributed by atoms with van der Waals surface area (Å²) < 4.78 is 38.3. The van der Waals surface area contributed by atoms with Crippen LogP contribution in [0.5, 0.6) is 0 Å². The maximum atomic E-state index is 12.8. The normalized spacial score (nSPS) is 23.1. The van der Waals surface area contributed by atoms with E-state index in [-0.39, 0.29) is 12.3 Å². The molecule has 0 bridgehead atoms. The van der Waals surface area contributed by atoms with E-state index in [1.807, 2.05) is 0 Å². The van der Waals surface area contributed by atoms with E-state index in [0.717, 1.165) is 21.1 Å². The summed E-state index contributed by atoms with van der Waals surface area (Å²) in [6.07, 6.45) is 0.683. The van der Waals surface area contributed by atoms with E-state index in [2.05, 4.69) is 25.8 Å². The highest BCUT2D eigenvalue weighted by Gasteiger charge is 2.46. The summed E-state index contributed by atoms with van der Waals surface area (Å²) >= 11 is 1.46. The van der Waals surface area contributed by atoms with Gasteiger partial charge in [0, 0.05) is 35.8 Å². The Morgan fingerprint density at radius 3 is 2.73 bits per heavy atom. The number of hydrogen-bond donors (Lipinski definition) is 2. The van der Waals surface area contributed by atoms with Crippen molar-refractivity contribution in [2.45, 2.75) is 37.6 Å². The number of aromatic nitrogens is 3. The number of carbonyl (C=O) groups excluding carboxylic acids is 1. The zero-order valence-corrected chi connectivity index (χ0v) is 14.3. The Hall–Kier alpha value is -2.11. The molecule has 1 amide bonds. The molecule has 138 valence electrons. The number of halogens is 3. The second kappa shape index (κ2) is 6.56. The van der Waals surface area contributed by atoms with Crippen LogP contribution in [0, 0.1) is 0 Å². The van der Waals surface area contributed by atoms with Crippen molar-refractivity contribution < 1.29 is 18.0 Å². The number of thiazole rings is 1. The predicted octanol–water partition coefficient (Wildman–Crippen LogP) is 1.28. The van der Waals surface area contributed by atoms with Gasteiger partial charge in [0.25, 0.3) is 0 Å². The van der Waals surface area contributed by atoms with Crippen LogP contribution < -0.4 is 10.9 Å². The first-order valence-corrected chi connectivity index (χ1v) is 8.84. The molecule has 0 spiro atoms. The summed E-state index contributed by atoms with van der Waals surface area (Å²) in [5.74, 6) is -0.326. The summed E-state index contributed by atoms with van der Waals surface area (Å²) in [5, 5.41) is 0.780. The monoisotopic (exact) mass is 384 g/mol. The van der Waals surface area contributed by atoms with Gasteiger partial charge >= 0.3 is 6.18 Å². The fourth-order valence-electron chi connectivity index (χ4n) is 3.07. The highest BCUT2D eigenvalue weighted by molar-refractivity contribution is 7.15. The van der Waals surface area contributed by atoms with Crippen LogP contribution in [0.25, 0.3) is 10.6 Å². The van der Waals surface area contributed by atoms with Crippen molar-refractivity contribution in [3.8, 4) is 10.6 Å². The first kappa shape index (κ1) is 17.3. The molecular formula is C15H15F3N6OS. The van der Waals surface area contributed by atoms with E-state index in [0.29, 0.717) is 19.5 Å². The number of hydrogen-bond acceptors (Lipinski definition) is 7. The second-order valence-electron chi connectivity index (χ2n) is 6.20. The Morgan fingerprint density at radius 1 is 1.27 bits per heavy atom. The molecule has 0 aromatic carbocycles. The topological polar surface area (TPSA) is 83.0 Å². The highest BCUT2D eigenvalue weighted by Crippen LogP contribution is 2.32. The summed E-state index contributed by atoms with van der Waals surface area (Å²) in [6.45, 7) is 0.795. The standard InChI is InChI=1S/C15H15F3N6OS/c16-15(17,18)12-3-10(22-23-12)14(25)24-2-1-9-11(6-24)26-13(21-9)8-4-19-7-20-5-8/h4-5,7,10,12,22-23H,1-3,6H2. The maximum Gasteiger partial charge on any atom is 0.405 e. The number of fused-ring (bicyclic) bond motifs is 1. The molecule has 0 saturated carbocycles. The summed E-state index contributed by atoms with van der Waals surface area (Å²) in [5.41, 5.74) is 6.37. The molecule has 2 aromatic rings. The number of alkyl halides is 3. The van der Waals surface area contributed by atoms with Crippen LogP contribution in [-0.4, -0.2) is 50.6 Å². The van der Waals surface area contributed by atoms with Crippen LogP contribution in [0.1, 0.15) is 17.0 Å². The molecule has 2 atom stereocenters. The van der Waals surface area contributed by atoms with Crippen molar-refractivity contribution in [3.63, 3.8) is 0 Å². The van der Waals surface area contributed by atoms with Crippen LogP contribution in [0.2, 0.25) is 0 Å². The average Bonchev–Trinajstić information content (AvgIpc) is 3.28. The number of nitrogens with one attached hydrogen (secondary N) is 2. The van der Waals surface area contributed by atoms with Gasteiger partial charge in [-0.05, 0) is 6.42 Å². The molecule has 11 heteroatoms. The lowest BCUT2D eigenvalue weighted by molar-refractivity contribution is -0.153. The van der Waals surface area contributed by atoms with Gasteiger partial charge in [-0.1, -0.05) is 0 Å². The minimum Gasteiger partial charge on any atom is -0.336 e. The molecule has 2 unspecified atom stereocenters. The van der Waals surface area contributed by atoms with E-state index in [9.17, 15) is 18.0 Å². The summed E-state index contributed by atoms with van der Waals surface area (Å²) in [6, 6.07) is -2.58. The zero-order chi connectivity index (χ0) is 18.3. The molecule has 4 heterocycles. The molecule has 0 radical (unpaired) electrons. The van der Waals surface area contributed by atoms with Crippen LogP contribution in [0.4, 0.5) is 13.2 Å². The number of hydrazine groups is 1. The van der Waals surface area contributed by atoms with Gasteiger partial charge in [0.2, 0.25) is 5.91 Å². The Labute approximate surface area is 150 Å². The summed E-state index contributed by atoms with van der Waals surface area (Å²) in [4.78, 5) is 27.6. The molecule has 1 fully saturated rings. The van der Waals surface area contributed by atoms with Gasteiger partial charge in [-0.15, -0.1) is 11.3 Å². The van der Waals surface area contributed by atoms with Crippen molar-refractivity contribution in [2.24, 2.45) is 0 Å². The van der Waals surface area contributed by atoms with E-state index >= 15 is 0 Å². The number of rotatable bonds is 2. The third-order valence-corrected chi connectivity index (χ3v) is 5.58. The van der Waals surface area contributed by atoms with E-state index in [4.69, 9.17) is 0 Å². The Kier molecular flexibility index (Phi) is 4.37. The van der Waals surface area contributed by atoms with E-state index in [1.54, 1.807) is 17.3 Å². The Morgan fingerprint density at radius 2 is 2.04 bits per heavy atom. The van der Waals surface area contributed by atoms with Gasteiger partial charge in [0.05, 0.1) is 12.2 Å². The molecular weight excluding hydrogens is 369 g/mol. The first-order valence-electron chi connectivity index (χ1n) is 8.02. The Bertz CT molecular complexity index is 811. The molecule has 0 aliphatic carbocycles. The summed E-state index contributed by atoms with van der Waals surface area (Å²) in [7, 11) is 0. The van der Waals surface area contributed by atoms with Crippen LogP contribution in [-0.2, 0) is 17.8 Å². The van der Waals surface area contributed by atoms with Gasteiger partial charge < -0.3 is 4.90 Å². The largest absolute Gasteiger partial charge is 0.405 e. The predicted molar refractivity (Wildman–Crippen MR) is 86.8 cm³/mol. The zero-order valence-electron chi connectivity index (χ0n) is 13.5. The number of nitrogens with zero attached hydrogens (tertiary/aromatic N) is 4. The second-order valence-corrected chi connectivity index (χ2v) is 7.28. The molecule has 2 aromatic heterocycles. The van der Waals surface area contributed by atoms with Crippen LogP contribution >= 0.6 is 11.3 Å². The van der Waals surface area contributed by atoms with Crippen LogP contribution in [0.15, 0.2) is 18.7 Å². The van der Waals surface area contributed by atoms with Crippen molar-refractivity contribution >= 4 is 17.2 Å². The fraction of sp³-hybridized carbons (Fsp3) is 0.467. The molecule has 2 aliphatic rings. The minimum absolute atomic E-state index is 0.305. The lowest BCUT2D eigenvalue weighted by Crippen LogP contribution is -2.47. The number of carbonyl (C=O) groups is 1. The molecule has 4 rings (SSSR count). The fourth-order valence-corrected chi connectivity index (χ4v) is 4.17. The quantitative estimate of drug-likeness (QED) is 0.812. The van der Waals surface area contributed by atoms with Crippen molar-refractivity contribution in [2.75, 3.05) is 6.54 Å². The van der Waals surface area contributed by atoms with Gasteiger partial charge in [-0.25, -0.2) is 25.8 Å². The minimum atomic E-state index is -4.37.